The summed E-state index contributed by atoms with van der Waals surface area (Å²) in [6, 6.07) is 6.97. The number of aromatic nitrogens is 1. The molecule has 1 aromatic carbocycles. The lowest BCUT2D eigenvalue weighted by Crippen LogP contribution is -2.11. The smallest absolute Gasteiger partial charge is 0.294 e. The van der Waals surface area contributed by atoms with Crippen LogP contribution in [0.15, 0.2) is 35.0 Å². The number of carbonyl (C=O) groups excluding carboxylic acids is 1. The predicted octanol–water partition coefficient (Wildman–Crippen LogP) is 1.55. The van der Waals surface area contributed by atoms with Crippen LogP contribution in [0.5, 0.6) is 0 Å². The molecular weight excluding hydrogens is 242 g/mol. The number of nitrogens with zero attached hydrogens (tertiary/aromatic N) is 1. The molecular formula is C14H13N3O2. The van der Waals surface area contributed by atoms with Crippen molar-refractivity contribution in [2.24, 2.45) is 5.73 Å². The number of amides is 1. The first-order valence-electron chi connectivity index (χ1n) is 5.72. The van der Waals surface area contributed by atoms with E-state index in [1.807, 2.05) is 19.1 Å². The first kappa shape index (κ1) is 12.9. The van der Waals surface area contributed by atoms with E-state index < -0.39 is 0 Å². The van der Waals surface area contributed by atoms with Crippen LogP contribution >= 0.6 is 0 Å². The Labute approximate surface area is 110 Å². The Morgan fingerprint density at radius 2 is 2.32 bits per heavy atom. The van der Waals surface area contributed by atoms with Crippen LogP contribution in [0.1, 0.15) is 21.7 Å². The molecule has 96 valence electrons. The van der Waals surface area contributed by atoms with E-state index >= 15 is 0 Å². The third-order valence-corrected chi connectivity index (χ3v) is 2.47. The molecule has 2 rings (SSSR count). The molecule has 0 unspecified atom stereocenters. The molecule has 1 amide bonds. The van der Waals surface area contributed by atoms with Gasteiger partial charge in [0.05, 0.1) is 12.7 Å². The Kier molecular flexibility index (Phi) is 3.96. The predicted molar refractivity (Wildman–Crippen MR) is 71.6 cm³/mol. The van der Waals surface area contributed by atoms with Gasteiger partial charge in [-0.3, -0.25) is 4.79 Å². The van der Waals surface area contributed by atoms with Crippen molar-refractivity contribution in [3.05, 3.63) is 47.3 Å². The fraction of sp³-hybridized carbons (Fsp3) is 0.143. The maximum absolute atomic E-state index is 11.8. The highest BCUT2D eigenvalue weighted by molar-refractivity contribution is 6.02. The van der Waals surface area contributed by atoms with Crippen molar-refractivity contribution in [3.63, 3.8) is 0 Å². The third kappa shape index (κ3) is 3.21. The lowest BCUT2D eigenvalue weighted by molar-refractivity contribution is 0.0988. The summed E-state index contributed by atoms with van der Waals surface area (Å²) in [5.74, 6) is 5.60. The maximum Gasteiger partial charge on any atom is 0.294 e. The van der Waals surface area contributed by atoms with Gasteiger partial charge in [0.15, 0.2) is 0 Å². The van der Waals surface area contributed by atoms with Crippen LogP contribution in [0.4, 0.5) is 5.69 Å². The third-order valence-electron chi connectivity index (χ3n) is 2.47. The molecule has 5 nitrogen and oxygen atoms in total. The summed E-state index contributed by atoms with van der Waals surface area (Å²) in [5, 5.41) is 6.21. The Morgan fingerprint density at radius 1 is 1.47 bits per heavy atom. The van der Waals surface area contributed by atoms with Gasteiger partial charge in [0.25, 0.3) is 5.91 Å². The number of aryl methyl sites for hydroxylation is 1. The van der Waals surface area contributed by atoms with E-state index in [2.05, 4.69) is 22.3 Å². The second-order valence-corrected chi connectivity index (χ2v) is 3.87. The summed E-state index contributed by atoms with van der Waals surface area (Å²) in [7, 11) is 0. The summed E-state index contributed by atoms with van der Waals surface area (Å²) in [5.41, 5.74) is 7.87. The van der Waals surface area contributed by atoms with E-state index in [0.29, 0.717) is 12.2 Å². The number of benzene rings is 1. The van der Waals surface area contributed by atoms with Crippen LogP contribution in [0.3, 0.4) is 0 Å². The van der Waals surface area contributed by atoms with Gasteiger partial charge >= 0.3 is 0 Å². The van der Waals surface area contributed by atoms with Crippen LogP contribution in [-0.2, 0) is 0 Å². The lowest BCUT2D eigenvalue weighted by atomic mass is 10.1. The number of carbonyl (C=O) groups is 1. The quantitative estimate of drug-likeness (QED) is 0.798. The summed E-state index contributed by atoms with van der Waals surface area (Å²) in [6.45, 7) is 2.24. The molecule has 1 heterocycles. The van der Waals surface area contributed by atoms with Crippen LogP contribution < -0.4 is 11.1 Å². The Balaban J connectivity index is 2.14. The summed E-state index contributed by atoms with van der Waals surface area (Å²) < 4.78 is 4.78. The van der Waals surface area contributed by atoms with Gasteiger partial charge in [-0.25, -0.2) is 0 Å². The fourth-order valence-corrected chi connectivity index (χ4v) is 1.55. The summed E-state index contributed by atoms with van der Waals surface area (Å²) in [4.78, 5) is 11.8. The van der Waals surface area contributed by atoms with E-state index in [1.165, 1.54) is 12.3 Å². The largest absolute Gasteiger partial charge is 0.351 e. The van der Waals surface area contributed by atoms with E-state index in [0.717, 1.165) is 11.1 Å². The average Bonchev–Trinajstić information content (AvgIpc) is 2.92. The summed E-state index contributed by atoms with van der Waals surface area (Å²) in [6.07, 6.45) is 1.42. The molecule has 0 bridgehead atoms. The molecule has 0 aliphatic carbocycles. The van der Waals surface area contributed by atoms with Crippen molar-refractivity contribution in [2.75, 3.05) is 11.9 Å². The van der Waals surface area contributed by atoms with Crippen LogP contribution in [0, 0.1) is 18.8 Å². The molecule has 3 N–H and O–H groups in total. The molecule has 0 radical (unpaired) electrons. The number of hydrogen-bond donors (Lipinski definition) is 2. The van der Waals surface area contributed by atoms with E-state index in [-0.39, 0.29) is 11.7 Å². The van der Waals surface area contributed by atoms with Crippen molar-refractivity contribution in [2.45, 2.75) is 6.92 Å². The van der Waals surface area contributed by atoms with Gasteiger partial charge in [0.2, 0.25) is 5.76 Å². The second-order valence-electron chi connectivity index (χ2n) is 3.87. The molecule has 2 aromatic rings. The van der Waals surface area contributed by atoms with Crippen LogP contribution in [0.25, 0.3) is 0 Å². The first-order valence-corrected chi connectivity index (χ1v) is 5.72. The zero-order valence-electron chi connectivity index (χ0n) is 10.4. The molecule has 19 heavy (non-hydrogen) atoms. The van der Waals surface area contributed by atoms with Crippen molar-refractivity contribution >= 4 is 11.6 Å². The highest BCUT2D eigenvalue weighted by atomic mass is 16.5. The molecule has 5 heteroatoms. The van der Waals surface area contributed by atoms with Gasteiger partial charge in [0.1, 0.15) is 0 Å². The minimum atomic E-state index is -0.335. The molecule has 0 fully saturated rings. The summed E-state index contributed by atoms with van der Waals surface area (Å²) >= 11 is 0. The number of nitrogens with two attached hydrogens (primary N) is 1. The first-order chi connectivity index (χ1) is 9.20. The van der Waals surface area contributed by atoms with E-state index in [9.17, 15) is 4.79 Å². The van der Waals surface area contributed by atoms with E-state index in [1.54, 1.807) is 6.07 Å². The van der Waals surface area contributed by atoms with Crippen LogP contribution in [0.2, 0.25) is 0 Å². The highest BCUT2D eigenvalue weighted by Crippen LogP contribution is 2.15. The zero-order chi connectivity index (χ0) is 13.7. The van der Waals surface area contributed by atoms with Crippen molar-refractivity contribution in [1.29, 1.82) is 0 Å². The monoisotopic (exact) mass is 255 g/mol. The molecule has 0 atom stereocenters. The average molecular weight is 255 g/mol. The minimum absolute atomic E-state index is 0.171. The van der Waals surface area contributed by atoms with Gasteiger partial charge < -0.3 is 15.6 Å². The van der Waals surface area contributed by atoms with Gasteiger partial charge in [-0.1, -0.05) is 17.0 Å². The van der Waals surface area contributed by atoms with Crippen molar-refractivity contribution in [1.82, 2.24) is 5.16 Å². The molecule has 0 aliphatic rings. The van der Waals surface area contributed by atoms with Gasteiger partial charge in [-0.05, 0) is 30.7 Å². The van der Waals surface area contributed by atoms with Gasteiger partial charge in [-0.15, -0.1) is 0 Å². The normalized spacial score (nSPS) is 9.58. The molecule has 0 saturated heterocycles. The van der Waals surface area contributed by atoms with Crippen LogP contribution in [-0.4, -0.2) is 17.6 Å². The number of rotatable bonds is 2. The lowest BCUT2D eigenvalue weighted by Gasteiger charge is -2.05. The Hall–Kier alpha value is -2.58. The molecule has 1 aromatic heterocycles. The topological polar surface area (TPSA) is 81.2 Å². The number of nitrogens with one attached hydrogen (secondary N) is 1. The molecule has 0 saturated carbocycles. The SMILES string of the molecule is Cc1cc(NC(=O)c2ccno2)ccc1C#CCN. The van der Waals surface area contributed by atoms with Gasteiger partial charge in [-0.2, -0.15) is 0 Å². The number of anilines is 1. The Morgan fingerprint density at radius 3 is 2.95 bits per heavy atom. The minimum Gasteiger partial charge on any atom is -0.351 e. The number of hydrogen-bond acceptors (Lipinski definition) is 4. The fourth-order valence-electron chi connectivity index (χ4n) is 1.55. The molecule has 0 aliphatic heterocycles. The van der Waals surface area contributed by atoms with E-state index in [4.69, 9.17) is 10.3 Å². The zero-order valence-corrected chi connectivity index (χ0v) is 10.4. The van der Waals surface area contributed by atoms with Crippen molar-refractivity contribution in [3.8, 4) is 11.8 Å². The Bertz CT molecular complexity index is 636. The maximum atomic E-state index is 11.8. The highest BCUT2D eigenvalue weighted by Gasteiger charge is 2.10. The standard InChI is InChI=1S/C14H13N3O2/c1-10-9-12(5-4-11(10)3-2-7-15)17-14(18)13-6-8-16-19-13/h4-6,8-9H,7,15H2,1H3,(H,17,18). The van der Waals surface area contributed by atoms with Gasteiger partial charge in [0, 0.05) is 17.3 Å². The second kappa shape index (κ2) is 5.85. The van der Waals surface area contributed by atoms with Crippen molar-refractivity contribution < 1.29 is 9.32 Å². The molecule has 0 spiro atoms.